The summed E-state index contributed by atoms with van der Waals surface area (Å²) in [6.45, 7) is 4.31. The van der Waals surface area contributed by atoms with Crippen molar-refractivity contribution in [1.82, 2.24) is 5.43 Å². The molecule has 0 bridgehead atoms. The van der Waals surface area contributed by atoms with Gasteiger partial charge in [0.2, 0.25) is 0 Å². The lowest BCUT2D eigenvalue weighted by Gasteiger charge is -2.23. The molecule has 1 amide bonds. The molecular weight excluding hydrogens is 474 g/mol. The van der Waals surface area contributed by atoms with E-state index in [-0.39, 0.29) is 4.90 Å². The van der Waals surface area contributed by atoms with Crippen LogP contribution in [0.1, 0.15) is 19.4 Å². The van der Waals surface area contributed by atoms with E-state index < -0.39 is 22.5 Å². The Bertz CT molecular complexity index is 1210. The Hall–Kier alpha value is -3.36. The van der Waals surface area contributed by atoms with Crippen LogP contribution in [0, 0.1) is 5.92 Å². The number of carbonyl (C=O) groups excluding carboxylic acids is 1. The second-order valence-electron chi connectivity index (χ2n) is 7.87. The number of hydrazone groups is 1. The van der Waals surface area contributed by atoms with Crippen LogP contribution in [0.5, 0.6) is 5.75 Å². The number of carbonyl (C=O) groups is 1. The van der Waals surface area contributed by atoms with Crippen LogP contribution in [0.2, 0.25) is 5.02 Å². The van der Waals surface area contributed by atoms with E-state index in [1.807, 2.05) is 24.3 Å². The quantitative estimate of drug-likeness (QED) is 0.323. The van der Waals surface area contributed by atoms with Crippen molar-refractivity contribution in [2.75, 3.05) is 17.5 Å². The minimum absolute atomic E-state index is 0.0704. The molecule has 178 valence electrons. The van der Waals surface area contributed by atoms with E-state index in [0.717, 1.165) is 15.6 Å². The molecule has 3 rings (SSSR count). The van der Waals surface area contributed by atoms with Gasteiger partial charge in [-0.15, -0.1) is 0 Å². The zero-order valence-corrected chi connectivity index (χ0v) is 20.5. The second-order valence-corrected chi connectivity index (χ2v) is 10.2. The molecule has 3 aromatic rings. The molecule has 34 heavy (non-hydrogen) atoms. The Balaban J connectivity index is 1.70. The number of anilines is 1. The normalized spacial score (nSPS) is 11.5. The minimum atomic E-state index is -3.99. The van der Waals surface area contributed by atoms with Gasteiger partial charge in [-0.3, -0.25) is 9.10 Å². The smallest absolute Gasteiger partial charge is 0.264 e. The van der Waals surface area contributed by atoms with Gasteiger partial charge in [-0.1, -0.05) is 43.6 Å². The third kappa shape index (κ3) is 7.07. The third-order valence-electron chi connectivity index (χ3n) is 4.60. The van der Waals surface area contributed by atoms with Crippen LogP contribution in [-0.2, 0) is 14.8 Å². The highest BCUT2D eigenvalue weighted by atomic mass is 35.5. The SMILES string of the molecule is CC(C)COc1ccc(/C=N/NC(=O)CN(c2ccc(Cl)cc2)S(=O)(=O)c2ccccc2)cc1. The molecule has 7 nitrogen and oxygen atoms in total. The zero-order chi connectivity index (χ0) is 24.6. The highest BCUT2D eigenvalue weighted by molar-refractivity contribution is 7.92. The summed E-state index contributed by atoms with van der Waals surface area (Å²) < 4.78 is 33.1. The maximum atomic E-state index is 13.2. The van der Waals surface area contributed by atoms with Crippen LogP contribution < -0.4 is 14.5 Å². The van der Waals surface area contributed by atoms with Crippen LogP contribution in [0.15, 0.2) is 88.9 Å². The molecule has 0 radical (unpaired) electrons. The van der Waals surface area contributed by atoms with Gasteiger partial charge in [0.15, 0.2) is 0 Å². The lowest BCUT2D eigenvalue weighted by molar-refractivity contribution is -0.119. The van der Waals surface area contributed by atoms with Gasteiger partial charge in [0.05, 0.1) is 23.4 Å². The number of rotatable bonds is 10. The number of nitrogens with zero attached hydrogens (tertiary/aromatic N) is 2. The van der Waals surface area contributed by atoms with Crippen molar-refractivity contribution < 1.29 is 17.9 Å². The van der Waals surface area contributed by atoms with E-state index in [1.54, 1.807) is 42.5 Å². The van der Waals surface area contributed by atoms with Crippen molar-refractivity contribution in [1.29, 1.82) is 0 Å². The Kier molecular flexibility index (Phi) is 8.67. The van der Waals surface area contributed by atoms with Crippen LogP contribution in [0.25, 0.3) is 0 Å². The van der Waals surface area contributed by atoms with Crippen LogP contribution >= 0.6 is 11.6 Å². The second kappa shape index (κ2) is 11.7. The highest BCUT2D eigenvalue weighted by Gasteiger charge is 2.27. The van der Waals surface area contributed by atoms with Crippen molar-refractivity contribution in [3.05, 3.63) is 89.4 Å². The summed E-state index contributed by atoms with van der Waals surface area (Å²) in [6, 6.07) is 21.4. The molecule has 0 aliphatic heterocycles. The molecule has 0 aliphatic carbocycles. The summed E-state index contributed by atoms with van der Waals surface area (Å²) in [5.41, 5.74) is 3.45. The number of amides is 1. The molecule has 0 spiro atoms. The van der Waals surface area contributed by atoms with Gasteiger partial charge in [-0.2, -0.15) is 5.10 Å². The molecular formula is C25H26ClN3O4S. The Morgan fingerprint density at radius 3 is 2.29 bits per heavy atom. The fraction of sp³-hybridized carbons (Fsp3) is 0.200. The molecule has 0 atom stereocenters. The lowest BCUT2D eigenvalue weighted by atomic mass is 10.2. The first kappa shape index (κ1) is 25.3. The summed E-state index contributed by atoms with van der Waals surface area (Å²) in [6.07, 6.45) is 1.47. The number of nitrogens with one attached hydrogen (secondary N) is 1. The van der Waals surface area contributed by atoms with Gasteiger partial charge in [0.25, 0.3) is 15.9 Å². The lowest BCUT2D eigenvalue weighted by Crippen LogP contribution is -2.39. The first-order chi connectivity index (χ1) is 16.3. The van der Waals surface area contributed by atoms with Crippen LogP contribution in [-0.4, -0.2) is 33.7 Å². The molecule has 0 unspecified atom stereocenters. The van der Waals surface area contributed by atoms with Gasteiger partial charge < -0.3 is 4.74 Å². The summed E-state index contributed by atoms with van der Waals surface area (Å²) in [5.74, 6) is 0.580. The van der Waals surface area contributed by atoms with Gasteiger partial charge in [0.1, 0.15) is 12.3 Å². The monoisotopic (exact) mass is 499 g/mol. The minimum Gasteiger partial charge on any atom is -0.493 e. The standard InChI is InChI=1S/C25H26ClN3O4S/c1-19(2)18-33-23-14-8-20(9-15-23)16-27-28-25(30)17-29(22-12-10-21(26)11-13-22)34(31,32)24-6-4-3-5-7-24/h3-16,19H,17-18H2,1-2H3,(H,28,30)/b27-16+. The van der Waals surface area contributed by atoms with Gasteiger partial charge >= 0.3 is 0 Å². The molecule has 9 heteroatoms. The fourth-order valence-corrected chi connectivity index (χ4v) is 4.47. The Morgan fingerprint density at radius 1 is 1.03 bits per heavy atom. The van der Waals surface area contributed by atoms with Gasteiger partial charge in [0, 0.05) is 5.02 Å². The predicted molar refractivity (Wildman–Crippen MR) is 135 cm³/mol. The molecule has 0 aliphatic rings. The molecule has 3 aromatic carbocycles. The summed E-state index contributed by atoms with van der Waals surface area (Å²) in [7, 11) is -3.99. The average molecular weight is 500 g/mol. The predicted octanol–water partition coefficient (Wildman–Crippen LogP) is 4.72. The number of sulfonamides is 1. The fourth-order valence-electron chi connectivity index (χ4n) is 2.90. The number of benzene rings is 3. The molecule has 0 aromatic heterocycles. The third-order valence-corrected chi connectivity index (χ3v) is 6.64. The van der Waals surface area contributed by atoms with E-state index in [9.17, 15) is 13.2 Å². The van der Waals surface area contributed by atoms with Gasteiger partial charge in [-0.25, -0.2) is 13.8 Å². The summed E-state index contributed by atoms with van der Waals surface area (Å²) in [5, 5.41) is 4.41. The van der Waals surface area contributed by atoms with E-state index in [0.29, 0.717) is 23.2 Å². The first-order valence-corrected chi connectivity index (χ1v) is 12.5. The molecule has 0 heterocycles. The number of hydrogen-bond acceptors (Lipinski definition) is 5. The summed E-state index contributed by atoms with van der Waals surface area (Å²) in [4.78, 5) is 12.7. The van der Waals surface area contributed by atoms with Crippen molar-refractivity contribution in [2.45, 2.75) is 18.7 Å². The van der Waals surface area contributed by atoms with Crippen molar-refractivity contribution in [2.24, 2.45) is 11.0 Å². The van der Waals surface area contributed by atoms with Crippen molar-refractivity contribution in [3.8, 4) is 5.75 Å². The number of halogens is 1. The van der Waals surface area contributed by atoms with Crippen LogP contribution in [0.4, 0.5) is 5.69 Å². The highest BCUT2D eigenvalue weighted by Crippen LogP contribution is 2.25. The van der Waals surface area contributed by atoms with Crippen LogP contribution in [0.3, 0.4) is 0 Å². The van der Waals surface area contributed by atoms with Crippen molar-refractivity contribution >= 4 is 39.4 Å². The summed E-state index contributed by atoms with van der Waals surface area (Å²) >= 11 is 5.95. The molecule has 0 saturated carbocycles. The largest absolute Gasteiger partial charge is 0.493 e. The molecule has 0 saturated heterocycles. The van der Waals surface area contributed by atoms with Crippen molar-refractivity contribution in [3.63, 3.8) is 0 Å². The first-order valence-electron chi connectivity index (χ1n) is 10.6. The Labute approximate surface area is 205 Å². The van der Waals surface area contributed by atoms with Gasteiger partial charge in [-0.05, 0) is 72.1 Å². The maximum absolute atomic E-state index is 13.2. The van der Waals surface area contributed by atoms with E-state index in [2.05, 4.69) is 24.4 Å². The van der Waals surface area contributed by atoms with E-state index in [1.165, 1.54) is 18.3 Å². The number of hydrogen-bond donors (Lipinski definition) is 1. The molecule has 1 N–H and O–H groups in total. The average Bonchev–Trinajstić information content (AvgIpc) is 2.83. The van der Waals surface area contributed by atoms with E-state index >= 15 is 0 Å². The molecule has 0 fully saturated rings. The number of ether oxygens (including phenoxy) is 1. The zero-order valence-electron chi connectivity index (χ0n) is 18.9. The van der Waals surface area contributed by atoms with E-state index in [4.69, 9.17) is 16.3 Å². The maximum Gasteiger partial charge on any atom is 0.264 e. The Morgan fingerprint density at radius 2 is 1.68 bits per heavy atom. The topological polar surface area (TPSA) is 88.1 Å².